The van der Waals surface area contributed by atoms with Crippen molar-refractivity contribution < 1.29 is 19.0 Å². The summed E-state index contributed by atoms with van der Waals surface area (Å²) in [5.74, 6) is 2.06. The second kappa shape index (κ2) is 9.02. The molecule has 2 aromatic rings. The SMILES string of the molecule is C[C@@H]1OCC2(CCN(c3ncc(Sc4ccnc5c4OCC4C[C@@H](F)CN54)nc3CO)CC2)C1N. The quantitative estimate of drug-likeness (QED) is 0.645. The number of alkyl halides is 1. The number of aliphatic hydroxyl groups excluding tert-OH is 1. The van der Waals surface area contributed by atoms with E-state index in [9.17, 15) is 9.50 Å². The molecule has 2 unspecified atom stereocenters. The molecule has 6 rings (SSSR count). The van der Waals surface area contributed by atoms with E-state index in [1.807, 2.05) is 17.9 Å². The molecular weight excluding hydrogens is 471 g/mol. The molecule has 3 N–H and O–H groups in total. The number of aliphatic hydroxyl groups is 1. The van der Waals surface area contributed by atoms with Gasteiger partial charge in [-0.3, -0.25) is 0 Å². The minimum Gasteiger partial charge on any atom is -0.486 e. The zero-order chi connectivity index (χ0) is 24.2. The lowest BCUT2D eigenvalue weighted by Crippen LogP contribution is -2.51. The van der Waals surface area contributed by atoms with Crippen LogP contribution in [0, 0.1) is 5.41 Å². The van der Waals surface area contributed by atoms with Crippen LogP contribution in [0.1, 0.15) is 31.9 Å². The van der Waals surface area contributed by atoms with Crippen LogP contribution in [-0.4, -0.2) is 77.3 Å². The van der Waals surface area contributed by atoms with Gasteiger partial charge >= 0.3 is 0 Å². The van der Waals surface area contributed by atoms with E-state index in [4.69, 9.17) is 25.2 Å². The van der Waals surface area contributed by atoms with Crippen LogP contribution in [0.25, 0.3) is 0 Å². The van der Waals surface area contributed by atoms with Gasteiger partial charge in [-0.1, -0.05) is 11.8 Å². The summed E-state index contributed by atoms with van der Waals surface area (Å²) < 4.78 is 25.8. The van der Waals surface area contributed by atoms with E-state index in [1.54, 1.807) is 12.4 Å². The number of nitrogens with two attached hydrogens (primary N) is 1. The van der Waals surface area contributed by atoms with Crippen LogP contribution in [-0.2, 0) is 11.3 Å². The number of fused-ring (bicyclic) bond motifs is 3. The zero-order valence-corrected chi connectivity index (χ0v) is 20.6. The molecule has 3 saturated heterocycles. The first-order valence-corrected chi connectivity index (χ1v) is 13.1. The zero-order valence-electron chi connectivity index (χ0n) is 19.8. The van der Waals surface area contributed by atoms with Gasteiger partial charge in [-0.05, 0) is 25.8 Å². The van der Waals surface area contributed by atoms with Crippen LogP contribution < -0.4 is 20.3 Å². The Morgan fingerprint density at radius 1 is 1.29 bits per heavy atom. The average Bonchev–Trinajstić information content (AvgIpc) is 3.39. The van der Waals surface area contributed by atoms with Crippen molar-refractivity contribution in [1.29, 1.82) is 0 Å². The van der Waals surface area contributed by atoms with Crippen LogP contribution in [0.3, 0.4) is 0 Å². The Balaban J connectivity index is 1.19. The fourth-order valence-corrected chi connectivity index (χ4v) is 6.73. The molecule has 2 aromatic heterocycles. The van der Waals surface area contributed by atoms with Crippen molar-refractivity contribution >= 4 is 23.4 Å². The van der Waals surface area contributed by atoms with E-state index in [0.29, 0.717) is 54.3 Å². The van der Waals surface area contributed by atoms with Crippen molar-refractivity contribution in [1.82, 2.24) is 15.0 Å². The first-order valence-electron chi connectivity index (χ1n) is 12.3. The van der Waals surface area contributed by atoms with Gasteiger partial charge in [0.25, 0.3) is 0 Å². The van der Waals surface area contributed by atoms with Gasteiger partial charge in [0.1, 0.15) is 23.5 Å². The number of nitrogens with zero attached hydrogens (tertiary/aromatic N) is 5. The highest BCUT2D eigenvalue weighted by molar-refractivity contribution is 7.99. The summed E-state index contributed by atoms with van der Waals surface area (Å²) in [6, 6.07) is 1.95. The Bertz CT molecular complexity index is 1100. The third-order valence-electron chi connectivity index (χ3n) is 7.98. The van der Waals surface area contributed by atoms with Gasteiger partial charge in [-0.25, -0.2) is 19.3 Å². The lowest BCUT2D eigenvalue weighted by atomic mass is 9.73. The van der Waals surface area contributed by atoms with Crippen LogP contribution in [0.15, 0.2) is 28.4 Å². The van der Waals surface area contributed by atoms with Crippen molar-refractivity contribution in [2.75, 3.05) is 42.6 Å². The number of rotatable bonds is 4. The minimum absolute atomic E-state index is 0.0233. The lowest BCUT2D eigenvalue weighted by Gasteiger charge is -2.41. The number of hydrogen-bond acceptors (Lipinski definition) is 10. The molecule has 35 heavy (non-hydrogen) atoms. The maximum Gasteiger partial charge on any atom is 0.175 e. The number of ether oxygens (including phenoxy) is 2. The van der Waals surface area contributed by atoms with Gasteiger partial charge in [0.15, 0.2) is 17.4 Å². The van der Waals surface area contributed by atoms with Gasteiger partial charge in [-0.2, -0.15) is 0 Å². The van der Waals surface area contributed by atoms with Gasteiger partial charge in [0.2, 0.25) is 0 Å². The molecule has 4 atom stereocenters. The largest absolute Gasteiger partial charge is 0.486 e. The summed E-state index contributed by atoms with van der Waals surface area (Å²) in [7, 11) is 0. The Hall–Kier alpha value is -2.21. The van der Waals surface area contributed by atoms with Crippen LogP contribution >= 0.6 is 11.8 Å². The van der Waals surface area contributed by atoms with Gasteiger partial charge in [0.05, 0.1) is 43.0 Å². The van der Waals surface area contributed by atoms with Crippen molar-refractivity contribution in [2.45, 2.75) is 67.1 Å². The molecule has 0 bridgehead atoms. The molecule has 0 amide bonds. The maximum atomic E-state index is 14.0. The highest BCUT2D eigenvalue weighted by Crippen LogP contribution is 2.45. The summed E-state index contributed by atoms with van der Waals surface area (Å²) >= 11 is 1.42. The molecule has 0 radical (unpaired) electrons. The highest BCUT2D eigenvalue weighted by atomic mass is 32.2. The molecular formula is C24H31FN6O3S. The molecule has 6 heterocycles. The Labute approximate surface area is 208 Å². The molecule has 188 valence electrons. The van der Waals surface area contributed by atoms with E-state index < -0.39 is 6.17 Å². The van der Waals surface area contributed by atoms with Gasteiger partial charge in [0, 0.05) is 37.2 Å². The molecule has 4 aliphatic rings. The highest BCUT2D eigenvalue weighted by Gasteiger charge is 2.47. The smallest absolute Gasteiger partial charge is 0.175 e. The number of piperidine rings is 1. The Morgan fingerprint density at radius 2 is 2.11 bits per heavy atom. The third-order valence-corrected chi connectivity index (χ3v) is 8.92. The lowest BCUT2D eigenvalue weighted by molar-refractivity contribution is 0.0973. The van der Waals surface area contributed by atoms with Crippen molar-refractivity contribution in [2.24, 2.45) is 11.1 Å². The summed E-state index contributed by atoms with van der Waals surface area (Å²) in [6.07, 6.45) is 5.02. The van der Waals surface area contributed by atoms with Gasteiger partial charge < -0.3 is 30.1 Å². The molecule has 0 aliphatic carbocycles. The predicted molar refractivity (Wildman–Crippen MR) is 130 cm³/mol. The standard InChI is InChI=1S/C24H31FN6O3S/c1-14-21(26)24(13-34-14)3-6-30(7-4-24)22-17(11-32)29-19(9-28-22)35-18-2-5-27-23-20(18)33-12-16-8-15(25)10-31(16)23/h2,5,9,14-16,21,32H,3-4,6-8,10-13,26H2,1H3/t14-,15+,16?,21?/m0/s1. The van der Waals surface area contributed by atoms with Crippen LogP contribution in [0.2, 0.25) is 0 Å². The number of aromatic nitrogens is 3. The summed E-state index contributed by atoms with van der Waals surface area (Å²) in [4.78, 5) is 18.9. The molecule has 9 nitrogen and oxygen atoms in total. The molecule has 11 heteroatoms. The fraction of sp³-hybridized carbons (Fsp3) is 0.625. The van der Waals surface area contributed by atoms with E-state index in [-0.39, 0.29) is 30.2 Å². The number of pyridine rings is 1. The monoisotopic (exact) mass is 502 g/mol. The van der Waals surface area contributed by atoms with E-state index in [2.05, 4.69) is 9.88 Å². The molecule has 0 saturated carbocycles. The first kappa shape index (κ1) is 23.2. The molecule has 0 aromatic carbocycles. The fourth-order valence-electron chi connectivity index (χ4n) is 5.87. The second-order valence-electron chi connectivity index (χ2n) is 10.0. The maximum absolute atomic E-state index is 14.0. The molecule has 4 aliphatic heterocycles. The van der Waals surface area contributed by atoms with E-state index >= 15 is 0 Å². The number of hydrogen-bond donors (Lipinski definition) is 2. The first-order chi connectivity index (χ1) is 17.0. The van der Waals surface area contributed by atoms with Crippen molar-refractivity contribution in [3.8, 4) is 5.75 Å². The Morgan fingerprint density at radius 3 is 2.86 bits per heavy atom. The summed E-state index contributed by atoms with van der Waals surface area (Å²) in [6.45, 7) is 4.95. The van der Waals surface area contributed by atoms with Gasteiger partial charge in [-0.15, -0.1) is 0 Å². The second-order valence-corrected chi connectivity index (χ2v) is 11.1. The summed E-state index contributed by atoms with van der Waals surface area (Å²) in [5, 5.41) is 10.7. The van der Waals surface area contributed by atoms with Crippen molar-refractivity contribution in [3.63, 3.8) is 0 Å². The number of halogens is 1. The van der Waals surface area contributed by atoms with Crippen LogP contribution in [0.4, 0.5) is 16.0 Å². The normalized spacial score (nSPS) is 29.3. The Kier molecular flexibility index (Phi) is 5.98. The summed E-state index contributed by atoms with van der Waals surface area (Å²) in [5.41, 5.74) is 7.03. The molecule has 3 fully saturated rings. The molecule has 1 spiro atoms. The average molecular weight is 503 g/mol. The van der Waals surface area contributed by atoms with Crippen LogP contribution in [0.5, 0.6) is 5.75 Å². The number of anilines is 2. The van der Waals surface area contributed by atoms with E-state index in [0.717, 1.165) is 30.8 Å². The van der Waals surface area contributed by atoms with Crippen molar-refractivity contribution in [3.05, 3.63) is 24.2 Å². The van der Waals surface area contributed by atoms with E-state index in [1.165, 1.54) is 11.8 Å². The third kappa shape index (κ3) is 4.02. The predicted octanol–water partition coefficient (Wildman–Crippen LogP) is 2.16. The minimum atomic E-state index is -0.858. The topological polar surface area (TPSA) is 110 Å².